The molecule has 4 rings (SSSR count). The Morgan fingerprint density at radius 3 is 1.55 bits per heavy atom. The minimum absolute atomic E-state index is 0.240. The van der Waals surface area contributed by atoms with Crippen LogP contribution in [0.2, 0.25) is 0 Å². The van der Waals surface area contributed by atoms with Crippen molar-refractivity contribution in [3.8, 4) is 0 Å². The number of rotatable bonds is 5. The first-order valence-corrected chi connectivity index (χ1v) is 17.9. The van der Waals surface area contributed by atoms with Crippen molar-refractivity contribution in [3.05, 3.63) is 35.4 Å². The smallest absolute Gasteiger partial charge is 0.0678 e. The van der Waals surface area contributed by atoms with Crippen LogP contribution in [0, 0.1) is 5.92 Å². The minimum atomic E-state index is 0.240. The zero-order chi connectivity index (χ0) is 30.5. The molecule has 0 bridgehead atoms. The van der Waals surface area contributed by atoms with Crippen molar-refractivity contribution in [2.24, 2.45) is 5.92 Å². The molecule has 0 radical (unpaired) electrons. The summed E-state index contributed by atoms with van der Waals surface area (Å²) in [4.78, 5) is 5.30. The van der Waals surface area contributed by atoms with Crippen LogP contribution in [0.4, 0.5) is 0 Å². The lowest BCUT2D eigenvalue weighted by molar-refractivity contribution is -0.0825. The van der Waals surface area contributed by atoms with Gasteiger partial charge in [0.2, 0.25) is 0 Å². The maximum atomic E-state index is 5.90. The fraction of sp³-hybridized carbons (Fsp3) is 0.842. The number of benzene rings is 1. The second-order valence-corrected chi connectivity index (χ2v) is 15.4. The lowest BCUT2D eigenvalue weighted by atomic mass is 9.86. The third-order valence-electron chi connectivity index (χ3n) is 9.51. The summed E-state index contributed by atoms with van der Waals surface area (Å²) >= 11 is 0. The molecule has 2 aliphatic heterocycles. The molecule has 4 heteroatoms. The Labute approximate surface area is 261 Å². The Morgan fingerprint density at radius 2 is 1.10 bits per heavy atom. The normalized spacial score (nSPS) is 29.0. The molecule has 3 aliphatic rings. The molecule has 0 aromatic heterocycles. The summed E-state index contributed by atoms with van der Waals surface area (Å²) in [5.41, 5.74) is 3.11. The number of nitrogens with zero attached hydrogens (tertiary/aromatic N) is 2. The maximum Gasteiger partial charge on any atom is 0.0678 e. The van der Waals surface area contributed by atoms with E-state index in [1.165, 1.54) is 88.3 Å². The minimum Gasteiger partial charge on any atom is -0.373 e. The van der Waals surface area contributed by atoms with E-state index in [-0.39, 0.29) is 5.41 Å². The van der Waals surface area contributed by atoms with Gasteiger partial charge in [-0.15, -0.1) is 0 Å². The highest BCUT2D eigenvalue weighted by Crippen LogP contribution is 2.25. The van der Waals surface area contributed by atoms with E-state index in [1.807, 2.05) is 0 Å². The van der Waals surface area contributed by atoms with E-state index < -0.39 is 0 Å². The van der Waals surface area contributed by atoms with Crippen LogP contribution in [0.1, 0.15) is 137 Å². The van der Waals surface area contributed by atoms with E-state index in [4.69, 9.17) is 9.47 Å². The van der Waals surface area contributed by atoms with E-state index in [2.05, 4.69) is 89.5 Å². The number of hydrogen-bond acceptors (Lipinski definition) is 4. The van der Waals surface area contributed by atoms with Gasteiger partial charge in [-0.3, -0.25) is 9.80 Å². The first kappa shape index (κ1) is 35.5. The second kappa shape index (κ2) is 18.1. The van der Waals surface area contributed by atoms with Gasteiger partial charge in [-0.2, -0.15) is 0 Å². The second-order valence-electron chi connectivity index (χ2n) is 15.4. The summed E-state index contributed by atoms with van der Waals surface area (Å²) in [7, 11) is 0. The van der Waals surface area contributed by atoms with E-state index in [0.717, 1.165) is 38.6 Å². The summed E-state index contributed by atoms with van der Waals surface area (Å²) in [6.07, 6.45) is 18.7. The van der Waals surface area contributed by atoms with Crippen LogP contribution < -0.4 is 0 Å². The molecule has 0 spiro atoms. The van der Waals surface area contributed by atoms with Gasteiger partial charge in [-0.1, -0.05) is 110 Å². The summed E-state index contributed by atoms with van der Waals surface area (Å²) in [6, 6.07) is 10.0. The largest absolute Gasteiger partial charge is 0.373 e. The molecule has 0 amide bonds. The maximum absolute atomic E-state index is 5.90. The third kappa shape index (κ3) is 13.4. The Bertz CT molecular complexity index is 818. The van der Waals surface area contributed by atoms with Crippen molar-refractivity contribution in [2.75, 3.05) is 32.7 Å². The molecule has 3 unspecified atom stereocenters. The summed E-state index contributed by atoms with van der Waals surface area (Å²) < 4.78 is 11.7. The Balaban J connectivity index is 0.000000231. The first-order chi connectivity index (χ1) is 20.0. The summed E-state index contributed by atoms with van der Waals surface area (Å²) in [5.74, 6) is 0.679. The van der Waals surface area contributed by atoms with E-state index >= 15 is 0 Å². The van der Waals surface area contributed by atoms with Gasteiger partial charge in [-0.25, -0.2) is 0 Å². The van der Waals surface area contributed by atoms with Gasteiger partial charge in [-0.05, 0) is 69.4 Å². The Morgan fingerprint density at radius 1 is 0.667 bits per heavy atom. The highest BCUT2D eigenvalue weighted by molar-refractivity contribution is 5.27. The van der Waals surface area contributed by atoms with Gasteiger partial charge < -0.3 is 9.47 Å². The molecular formula is C38H68N2O2. The van der Waals surface area contributed by atoms with Crippen LogP contribution in [0.5, 0.6) is 0 Å². The molecular weight excluding hydrogens is 516 g/mol. The van der Waals surface area contributed by atoms with Gasteiger partial charge in [0.15, 0.2) is 0 Å². The van der Waals surface area contributed by atoms with Crippen LogP contribution in [0.25, 0.3) is 0 Å². The zero-order valence-corrected chi connectivity index (χ0v) is 29.0. The van der Waals surface area contributed by atoms with Crippen molar-refractivity contribution < 1.29 is 9.47 Å². The topological polar surface area (TPSA) is 24.9 Å². The SMILES string of the molecule is CC(Cc1ccc(C(C)(C)C)cc1)CN1C[C@@H](C)O[C@@H](C)C1.CC1CN(C2CCCCCCCCCCC2)CC(C)O1. The van der Waals surface area contributed by atoms with Crippen molar-refractivity contribution in [3.63, 3.8) is 0 Å². The Hall–Kier alpha value is -0.940. The van der Waals surface area contributed by atoms with Crippen LogP contribution in [-0.4, -0.2) is 73.0 Å². The summed E-state index contributed by atoms with van der Waals surface area (Å²) in [6.45, 7) is 23.6. The van der Waals surface area contributed by atoms with Gasteiger partial charge in [0, 0.05) is 38.8 Å². The molecule has 1 aromatic rings. The van der Waals surface area contributed by atoms with Gasteiger partial charge in [0.05, 0.1) is 24.4 Å². The van der Waals surface area contributed by atoms with Crippen molar-refractivity contribution in [2.45, 2.75) is 168 Å². The van der Waals surface area contributed by atoms with E-state index in [9.17, 15) is 0 Å². The molecule has 2 heterocycles. The van der Waals surface area contributed by atoms with Crippen LogP contribution in [0.15, 0.2) is 24.3 Å². The molecule has 5 atom stereocenters. The fourth-order valence-corrected chi connectivity index (χ4v) is 7.50. The molecule has 3 fully saturated rings. The first-order valence-electron chi connectivity index (χ1n) is 17.9. The number of hydrogen-bond donors (Lipinski definition) is 0. The van der Waals surface area contributed by atoms with E-state index in [0.29, 0.717) is 30.3 Å². The molecule has 4 nitrogen and oxygen atoms in total. The quantitative estimate of drug-likeness (QED) is 0.345. The predicted octanol–water partition coefficient (Wildman–Crippen LogP) is 9.04. The van der Waals surface area contributed by atoms with Gasteiger partial charge in [0.1, 0.15) is 0 Å². The van der Waals surface area contributed by atoms with Crippen molar-refractivity contribution in [1.82, 2.24) is 9.80 Å². The monoisotopic (exact) mass is 585 g/mol. The average molecular weight is 585 g/mol. The summed E-state index contributed by atoms with van der Waals surface area (Å²) in [5, 5.41) is 0. The lowest BCUT2D eigenvalue weighted by Crippen LogP contribution is -2.50. The van der Waals surface area contributed by atoms with Crippen LogP contribution in [-0.2, 0) is 21.3 Å². The van der Waals surface area contributed by atoms with Crippen molar-refractivity contribution >= 4 is 0 Å². The predicted molar refractivity (Wildman–Crippen MR) is 181 cm³/mol. The third-order valence-corrected chi connectivity index (χ3v) is 9.51. The van der Waals surface area contributed by atoms with Gasteiger partial charge in [0.25, 0.3) is 0 Å². The molecule has 242 valence electrons. The lowest BCUT2D eigenvalue weighted by Gasteiger charge is -2.40. The van der Waals surface area contributed by atoms with Gasteiger partial charge >= 0.3 is 0 Å². The molecule has 1 aliphatic carbocycles. The molecule has 0 N–H and O–H groups in total. The highest BCUT2D eigenvalue weighted by atomic mass is 16.5. The average Bonchev–Trinajstić information content (AvgIpc) is 2.88. The molecule has 1 aromatic carbocycles. The zero-order valence-electron chi connectivity index (χ0n) is 29.0. The molecule has 42 heavy (non-hydrogen) atoms. The van der Waals surface area contributed by atoms with Crippen LogP contribution >= 0.6 is 0 Å². The highest BCUT2D eigenvalue weighted by Gasteiger charge is 2.27. The molecule has 2 saturated heterocycles. The number of morpholine rings is 2. The molecule has 1 saturated carbocycles. The Kier molecular flexibility index (Phi) is 15.3. The van der Waals surface area contributed by atoms with Crippen LogP contribution in [0.3, 0.4) is 0 Å². The van der Waals surface area contributed by atoms with Crippen molar-refractivity contribution in [1.29, 1.82) is 0 Å². The van der Waals surface area contributed by atoms with E-state index in [1.54, 1.807) is 0 Å². The fourth-order valence-electron chi connectivity index (χ4n) is 7.50. The number of ether oxygens (including phenoxy) is 2. The standard InChI is InChI=1S/C20H33NO.C18H35NO/c1-15(12-21-13-16(2)22-17(3)14-21)11-18-7-9-19(10-8-18)20(4,5)6;1-16-14-19(15-17(2)20-16)18-12-10-8-6-4-3-5-7-9-11-13-18/h7-10,15-17H,11-14H2,1-6H3;16-18H,3-15H2,1-2H3/t15?,16-,17+;.